The molecule has 0 aliphatic carbocycles. The van der Waals surface area contributed by atoms with Crippen molar-refractivity contribution in [1.29, 1.82) is 0 Å². The molecule has 0 spiro atoms. The Kier molecular flexibility index (Phi) is 7.38. The van der Waals surface area contributed by atoms with Crippen molar-refractivity contribution in [3.05, 3.63) is 29.3 Å². The number of benzene rings is 1. The maximum absolute atomic E-state index is 12.1. The monoisotopic (exact) mass is 322 g/mol. The molecule has 2 atom stereocenters. The van der Waals surface area contributed by atoms with Crippen molar-refractivity contribution in [1.82, 2.24) is 5.32 Å². The van der Waals surface area contributed by atoms with E-state index in [0.717, 1.165) is 23.3 Å². The molecule has 6 nitrogen and oxygen atoms in total. The van der Waals surface area contributed by atoms with E-state index in [2.05, 4.69) is 5.32 Å². The van der Waals surface area contributed by atoms with Crippen LogP contribution in [0.1, 0.15) is 31.4 Å². The lowest BCUT2D eigenvalue weighted by Crippen LogP contribution is -2.48. The average molecular weight is 322 g/mol. The highest BCUT2D eigenvalue weighted by Gasteiger charge is 2.26. The van der Waals surface area contributed by atoms with Crippen LogP contribution in [-0.2, 0) is 9.53 Å². The van der Waals surface area contributed by atoms with Crippen LogP contribution >= 0.6 is 0 Å². The number of esters is 1. The molecule has 0 radical (unpaired) electrons. The van der Waals surface area contributed by atoms with Gasteiger partial charge in [-0.15, -0.1) is 0 Å². The molecule has 0 bridgehead atoms. The lowest BCUT2D eigenvalue weighted by atomic mass is 9.99. The normalized spacial score (nSPS) is 13.0. The van der Waals surface area contributed by atoms with Gasteiger partial charge in [0.1, 0.15) is 25.0 Å². The highest BCUT2D eigenvalue weighted by Crippen LogP contribution is 2.18. The Labute approximate surface area is 137 Å². The van der Waals surface area contributed by atoms with Gasteiger partial charge in [0.25, 0.3) is 0 Å². The van der Waals surface area contributed by atoms with Crippen molar-refractivity contribution in [2.45, 2.75) is 40.2 Å². The first-order valence-corrected chi connectivity index (χ1v) is 7.77. The van der Waals surface area contributed by atoms with Crippen molar-refractivity contribution in [2.24, 2.45) is 11.7 Å². The number of rotatable bonds is 8. The summed E-state index contributed by atoms with van der Waals surface area (Å²) in [5.74, 6) is 0.215. The number of ether oxygens (including phenoxy) is 2. The number of carbonyl (C=O) groups excluding carboxylic acids is 2. The molecule has 2 amide bonds. The summed E-state index contributed by atoms with van der Waals surface area (Å²) in [5, 5.41) is 2.43. The molecule has 1 aromatic carbocycles. The second-order valence-corrected chi connectivity index (χ2v) is 5.66. The smallest absolute Gasteiger partial charge is 0.329 e. The zero-order chi connectivity index (χ0) is 17.4. The maximum Gasteiger partial charge on any atom is 0.329 e. The van der Waals surface area contributed by atoms with Gasteiger partial charge in [0.2, 0.25) is 0 Å². The Morgan fingerprint density at radius 2 is 1.96 bits per heavy atom. The molecule has 1 rings (SSSR count). The topological polar surface area (TPSA) is 90.7 Å². The largest absolute Gasteiger partial charge is 0.490 e. The molecule has 0 fully saturated rings. The molecule has 0 aliphatic rings. The predicted molar refractivity (Wildman–Crippen MR) is 88.3 cm³/mol. The lowest BCUT2D eigenvalue weighted by Gasteiger charge is -2.21. The molecule has 23 heavy (non-hydrogen) atoms. The van der Waals surface area contributed by atoms with E-state index >= 15 is 0 Å². The van der Waals surface area contributed by atoms with Gasteiger partial charge >= 0.3 is 12.0 Å². The van der Waals surface area contributed by atoms with Gasteiger partial charge in [0.15, 0.2) is 0 Å². The number of urea groups is 1. The minimum Gasteiger partial charge on any atom is -0.490 e. The third-order valence-electron chi connectivity index (χ3n) is 3.69. The second-order valence-electron chi connectivity index (χ2n) is 5.66. The van der Waals surface area contributed by atoms with Gasteiger partial charge in [-0.05, 0) is 37.0 Å². The second kappa shape index (κ2) is 9.02. The molecular formula is C17H26N2O4. The van der Waals surface area contributed by atoms with E-state index < -0.39 is 18.0 Å². The highest BCUT2D eigenvalue weighted by molar-refractivity contribution is 5.83. The third kappa shape index (κ3) is 6.18. The van der Waals surface area contributed by atoms with Crippen LogP contribution in [0.3, 0.4) is 0 Å². The number of hydrogen-bond acceptors (Lipinski definition) is 4. The van der Waals surface area contributed by atoms with Crippen molar-refractivity contribution < 1.29 is 19.1 Å². The van der Waals surface area contributed by atoms with Gasteiger partial charge in [-0.2, -0.15) is 0 Å². The van der Waals surface area contributed by atoms with Crippen LogP contribution in [0.15, 0.2) is 18.2 Å². The van der Waals surface area contributed by atoms with Gasteiger partial charge in [0.05, 0.1) is 0 Å². The molecule has 6 heteroatoms. The zero-order valence-electron chi connectivity index (χ0n) is 14.2. The van der Waals surface area contributed by atoms with Crippen molar-refractivity contribution in [3.8, 4) is 5.75 Å². The summed E-state index contributed by atoms with van der Waals surface area (Å²) in [5.41, 5.74) is 7.23. The van der Waals surface area contributed by atoms with E-state index in [0.29, 0.717) is 0 Å². The fourth-order valence-corrected chi connectivity index (χ4v) is 2.07. The Morgan fingerprint density at radius 3 is 2.57 bits per heavy atom. The van der Waals surface area contributed by atoms with E-state index in [1.54, 1.807) is 0 Å². The first kappa shape index (κ1) is 18.8. The summed E-state index contributed by atoms with van der Waals surface area (Å²) in [4.78, 5) is 23.1. The van der Waals surface area contributed by atoms with Crippen LogP contribution in [0.2, 0.25) is 0 Å². The Hall–Kier alpha value is -2.24. The first-order chi connectivity index (χ1) is 10.8. The van der Waals surface area contributed by atoms with Crippen LogP contribution in [0.5, 0.6) is 5.75 Å². The van der Waals surface area contributed by atoms with Crippen molar-refractivity contribution in [3.63, 3.8) is 0 Å². The number of hydrogen-bond donors (Lipinski definition) is 2. The van der Waals surface area contributed by atoms with E-state index in [1.807, 2.05) is 45.9 Å². The molecule has 0 saturated heterocycles. The third-order valence-corrected chi connectivity index (χ3v) is 3.69. The minimum absolute atomic E-state index is 0.0602. The van der Waals surface area contributed by atoms with Crippen LogP contribution in [0.25, 0.3) is 0 Å². The van der Waals surface area contributed by atoms with Gasteiger partial charge in [-0.1, -0.05) is 32.4 Å². The maximum atomic E-state index is 12.1. The molecule has 0 unspecified atom stereocenters. The van der Waals surface area contributed by atoms with E-state index in [9.17, 15) is 9.59 Å². The number of primary amides is 1. The van der Waals surface area contributed by atoms with Gasteiger partial charge in [-0.25, -0.2) is 9.59 Å². The number of nitrogens with two attached hydrogens (primary N) is 1. The Bertz CT molecular complexity index is 545. The van der Waals surface area contributed by atoms with Crippen molar-refractivity contribution in [2.75, 3.05) is 13.2 Å². The predicted octanol–water partition coefficient (Wildman–Crippen LogP) is 2.31. The lowest BCUT2D eigenvalue weighted by molar-refractivity contribution is -0.148. The summed E-state index contributed by atoms with van der Waals surface area (Å²) in [6.45, 7) is 8.08. The van der Waals surface area contributed by atoms with E-state index in [-0.39, 0.29) is 19.1 Å². The quantitative estimate of drug-likeness (QED) is 0.567. The summed E-state index contributed by atoms with van der Waals surface area (Å²) in [7, 11) is 0. The zero-order valence-corrected chi connectivity index (χ0v) is 14.2. The molecule has 0 heterocycles. The molecular weight excluding hydrogens is 296 g/mol. The fourth-order valence-electron chi connectivity index (χ4n) is 2.07. The van der Waals surface area contributed by atoms with Gasteiger partial charge in [-0.3, -0.25) is 0 Å². The van der Waals surface area contributed by atoms with Crippen LogP contribution in [0.4, 0.5) is 4.79 Å². The Balaban J connectivity index is 2.48. The van der Waals surface area contributed by atoms with Gasteiger partial charge < -0.3 is 20.5 Å². The van der Waals surface area contributed by atoms with E-state index in [1.165, 1.54) is 0 Å². The number of carbonyl (C=O) groups is 2. The number of aryl methyl sites for hydroxylation is 2. The number of nitrogens with one attached hydrogen (secondary N) is 1. The molecule has 0 aliphatic heterocycles. The highest BCUT2D eigenvalue weighted by atomic mass is 16.6. The molecule has 3 N–H and O–H groups in total. The summed E-state index contributed by atoms with van der Waals surface area (Å²) in [6, 6.07) is 4.45. The van der Waals surface area contributed by atoms with Crippen LogP contribution in [0, 0.1) is 19.8 Å². The van der Waals surface area contributed by atoms with Gasteiger partial charge in [0, 0.05) is 0 Å². The SMILES string of the molecule is CC[C@H](C)[C@H](NC(N)=O)C(=O)OCCOc1cc(C)ccc1C. The van der Waals surface area contributed by atoms with Crippen LogP contribution in [-0.4, -0.2) is 31.3 Å². The molecule has 0 saturated carbocycles. The number of amides is 2. The first-order valence-electron chi connectivity index (χ1n) is 7.77. The molecule has 0 aromatic heterocycles. The van der Waals surface area contributed by atoms with Crippen molar-refractivity contribution >= 4 is 12.0 Å². The Morgan fingerprint density at radius 1 is 1.26 bits per heavy atom. The van der Waals surface area contributed by atoms with Crippen LogP contribution < -0.4 is 15.8 Å². The minimum atomic E-state index is -0.738. The summed E-state index contributed by atoms with van der Waals surface area (Å²) >= 11 is 0. The summed E-state index contributed by atoms with van der Waals surface area (Å²) < 4.78 is 10.8. The van der Waals surface area contributed by atoms with E-state index in [4.69, 9.17) is 15.2 Å². The molecule has 128 valence electrons. The summed E-state index contributed by atoms with van der Waals surface area (Å²) in [6.07, 6.45) is 0.721. The standard InChI is InChI=1S/C17H26N2O4/c1-5-12(3)15(19-17(18)21)16(20)23-9-8-22-14-10-11(2)6-7-13(14)4/h6-7,10,12,15H,5,8-9H2,1-4H3,(H3,18,19,21)/t12-,15-/m0/s1. The average Bonchev–Trinajstić information content (AvgIpc) is 2.51. The fraction of sp³-hybridized carbons (Fsp3) is 0.529. The molecule has 1 aromatic rings.